The highest BCUT2D eigenvalue weighted by Crippen LogP contribution is 2.34. The van der Waals surface area contributed by atoms with Gasteiger partial charge in [0, 0.05) is 29.9 Å². The lowest BCUT2D eigenvalue weighted by molar-refractivity contribution is -0.161. The molecule has 1 aliphatic carbocycles. The maximum Gasteiger partial charge on any atom is 0.339 e. The lowest BCUT2D eigenvalue weighted by Crippen LogP contribution is -2.38. The van der Waals surface area contributed by atoms with Gasteiger partial charge in [0.1, 0.15) is 11.2 Å². The summed E-state index contributed by atoms with van der Waals surface area (Å²) in [5.41, 5.74) is -3.17. The monoisotopic (exact) mass is 712 g/mol. The molecule has 0 atom stereocenters. The molecule has 0 unspecified atom stereocenters. The Kier molecular flexibility index (Phi) is 11.8. The molecule has 0 radical (unpaired) electrons. The minimum Gasteiger partial charge on any atom is -0.480 e. The number of allylic oxidation sites excluding steroid dienone is 2. The zero-order valence-corrected chi connectivity index (χ0v) is 29.1. The topological polar surface area (TPSA) is 202 Å². The highest BCUT2D eigenvalue weighted by Gasteiger charge is 2.45. The number of aromatic carboxylic acids is 1. The molecular weight excluding hydrogens is 672 g/mol. The summed E-state index contributed by atoms with van der Waals surface area (Å²) in [6, 6.07) is 16.9. The Morgan fingerprint density at radius 3 is 1.54 bits per heavy atom. The van der Waals surface area contributed by atoms with E-state index in [1.54, 1.807) is 48.5 Å². The fraction of sp³-hybridized carbons (Fsp3) is 0.300. The third-order valence-electron chi connectivity index (χ3n) is 8.49. The number of aliphatic carboxylic acids is 1. The average Bonchev–Trinajstić information content (AvgIpc) is 3.10. The molecule has 0 aromatic heterocycles. The van der Waals surface area contributed by atoms with Crippen molar-refractivity contribution in [3.8, 4) is 0 Å². The molecular formula is C40H40O12. The van der Waals surface area contributed by atoms with E-state index >= 15 is 0 Å². The van der Waals surface area contributed by atoms with Gasteiger partial charge in [0.25, 0.3) is 0 Å². The predicted octanol–water partition coefficient (Wildman–Crippen LogP) is 4.76. The summed E-state index contributed by atoms with van der Waals surface area (Å²) in [6.45, 7) is 5.32. The number of carboxylic acid groups (broad SMARTS) is 2. The third-order valence-corrected chi connectivity index (χ3v) is 8.49. The van der Waals surface area contributed by atoms with E-state index in [1.807, 2.05) is 0 Å². The van der Waals surface area contributed by atoms with E-state index in [4.69, 9.17) is 9.47 Å². The average molecular weight is 713 g/mol. The molecule has 0 spiro atoms. The van der Waals surface area contributed by atoms with E-state index in [9.17, 15) is 49.2 Å². The van der Waals surface area contributed by atoms with Gasteiger partial charge in [-0.15, -0.1) is 0 Å². The molecule has 0 aliphatic heterocycles. The highest BCUT2D eigenvalue weighted by atomic mass is 16.5. The van der Waals surface area contributed by atoms with Crippen molar-refractivity contribution in [1.82, 2.24) is 0 Å². The normalized spacial score (nSPS) is 16.9. The molecule has 52 heavy (non-hydrogen) atoms. The fourth-order valence-corrected chi connectivity index (χ4v) is 5.42. The summed E-state index contributed by atoms with van der Waals surface area (Å²) in [4.78, 5) is 74.9. The summed E-state index contributed by atoms with van der Waals surface area (Å²) >= 11 is 0. The smallest absolute Gasteiger partial charge is 0.339 e. The molecule has 0 fully saturated rings. The summed E-state index contributed by atoms with van der Waals surface area (Å²) < 4.78 is 10.7. The summed E-state index contributed by atoms with van der Waals surface area (Å²) in [7, 11) is 0. The molecule has 0 heterocycles. The third kappa shape index (κ3) is 9.14. The van der Waals surface area contributed by atoms with E-state index in [0.29, 0.717) is 22.3 Å². The van der Waals surface area contributed by atoms with Gasteiger partial charge < -0.3 is 29.9 Å². The van der Waals surface area contributed by atoms with Gasteiger partial charge in [-0.3, -0.25) is 19.2 Å². The number of carboxylic acids is 2. The molecule has 0 saturated heterocycles. The molecule has 272 valence electrons. The molecule has 1 aliphatic rings. The van der Waals surface area contributed by atoms with E-state index in [-0.39, 0.29) is 37.2 Å². The SMILES string of the molecule is CC(C)(O)C(=O)c1ccc(CCOC(=O)c2cc(C3C=CC(C(=O)O)(C(=O)OCCc4ccc(C(=O)C(C)(C)O)cc4)C=C3)ccc2C(=O)O)cc1. The second kappa shape index (κ2) is 15.7. The van der Waals surface area contributed by atoms with Gasteiger partial charge in [-0.05, 0) is 56.5 Å². The molecule has 0 saturated carbocycles. The number of aliphatic hydroxyl groups is 2. The van der Waals surface area contributed by atoms with Crippen molar-refractivity contribution in [2.75, 3.05) is 13.2 Å². The number of rotatable bonds is 15. The van der Waals surface area contributed by atoms with Crippen LogP contribution in [0.15, 0.2) is 91.0 Å². The lowest BCUT2D eigenvalue weighted by atomic mass is 9.79. The highest BCUT2D eigenvalue weighted by molar-refractivity contribution is 6.05. The van der Waals surface area contributed by atoms with Crippen molar-refractivity contribution in [1.29, 1.82) is 0 Å². The molecule has 0 bridgehead atoms. The van der Waals surface area contributed by atoms with Crippen molar-refractivity contribution >= 4 is 35.4 Å². The van der Waals surface area contributed by atoms with Crippen LogP contribution < -0.4 is 0 Å². The first-order chi connectivity index (χ1) is 24.3. The van der Waals surface area contributed by atoms with Crippen molar-refractivity contribution in [2.24, 2.45) is 5.41 Å². The Hall–Kier alpha value is -5.72. The molecule has 4 rings (SSSR count). The Bertz CT molecular complexity index is 1910. The van der Waals surface area contributed by atoms with Crippen LogP contribution in [0.4, 0.5) is 0 Å². The second-order valence-corrected chi connectivity index (χ2v) is 13.5. The quantitative estimate of drug-likeness (QED) is 0.0730. The van der Waals surface area contributed by atoms with E-state index in [0.717, 1.165) is 5.56 Å². The summed E-state index contributed by atoms with van der Waals surface area (Å²) in [5, 5.41) is 39.6. The molecule has 4 N–H and O–H groups in total. The number of ketones is 2. The van der Waals surface area contributed by atoms with Crippen molar-refractivity contribution in [3.05, 3.63) is 130 Å². The number of benzene rings is 3. The van der Waals surface area contributed by atoms with Crippen LogP contribution in [-0.4, -0.2) is 80.3 Å². The van der Waals surface area contributed by atoms with Gasteiger partial charge in [-0.1, -0.05) is 78.9 Å². The number of carbonyl (C=O) groups is 6. The van der Waals surface area contributed by atoms with Crippen LogP contribution in [0.5, 0.6) is 0 Å². The Balaban J connectivity index is 1.40. The van der Waals surface area contributed by atoms with Crippen LogP contribution in [0.1, 0.15) is 91.7 Å². The van der Waals surface area contributed by atoms with Crippen molar-refractivity contribution in [3.63, 3.8) is 0 Å². The van der Waals surface area contributed by atoms with Crippen LogP contribution in [0.3, 0.4) is 0 Å². The lowest BCUT2D eigenvalue weighted by Gasteiger charge is -2.25. The van der Waals surface area contributed by atoms with Crippen LogP contribution in [-0.2, 0) is 31.9 Å². The Morgan fingerprint density at radius 2 is 1.12 bits per heavy atom. The molecule has 12 heteroatoms. The first kappa shape index (κ1) is 39.1. The number of hydrogen-bond donors (Lipinski definition) is 4. The van der Waals surface area contributed by atoms with Crippen LogP contribution >= 0.6 is 0 Å². The largest absolute Gasteiger partial charge is 0.480 e. The van der Waals surface area contributed by atoms with Crippen molar-refractivity contribution in [2.45, 2.75) is 57.7 Å². The Labute approximate surface area is 300 Å². The predicted molar refractivity (Wildman–Crippen MR) is 187 cm³/mol. The van der Waals surface area contributed by atoms with Gasteiger partial charge in [-0.2, -0.15) is 0 Å². The Morgan fingerprint density at radius 1 is 0.654 bits per heavy atom. The number of carbonyl (C=O) groups excluding carboxylic acids is 4. The number of hydrogen-bond acceptors (Lipinski definition) is 10. The van der Waals surface area contributed by atoms with E-state index < -0.39 is 58.0 Å². The molecule has 0 amide bonds. The maximum absolute atomic E-state index is 13.1. The van der Waals surface area contributed by atoms with E-state index in [1.165, 1.54) is 70.2 Å². The summed E-state index contributed by atoms with van der Waals surface area (Å²) in [6.07, 6.45) is 5.77. The zero-order chi connectivity index (χ0) is 38.4. The first-order valence-corrected chi connectivity index (χ1v) is 16.4. The molecule has 12 nitrogen and oxygen atoms in total. The van der Waals surface area contributed by atoms with Gasteiger partial charge in [0.2, 0.25) is 5.41 Å². The number of Topliss-reactive ketones (excluding diaryl/α,β-unsaturated/α-hetero) is 2. The van der Waals surface area contributed by atoms with Crippen LogP contribution in [0.25, 0.3) is 0 Å². The first-order valence-electron chi connectivity index (χ1n) is 16.4. The van der Waals surface area contributed by atoms with Crippen LogP contribution in [0, 0.1) is 5.41 Å². The standard InChI is InChI=1S/C40H40O12/c1-38(2,49)32(41)27-9-5-24(6-10-27)17-21-51-35(45)31-23-29(13-14-30(31)34(43)44)26-15-19-40(20-16-26,36(46)47)37(48)52-22-18-25-7-11-28(12-8-25)33(42)39(3,4)50/h5-16,19-20,23,26,49-50H,17-18,21-22H2,1-4H3,(H,43,44)(H,46,47). The number of esters is 2. The summed E-state index contributed by atoms with van der Waals surface area (Å²) in [5.74, 6) is -6.25. The fourth-order valence-electron chi connectivity index (χ4n) is 5.42. The molecule has 3 aromatic rings. The van der Waals surface area contributed by atoms with Crippen LogP contribution in [0.2, 0.25) is 0 Å². The van der Waals surface area contributed by atoms with Gasteiger partial charge in [0.05, 0.1) is 24.3 Å². The zero-order valence-electron chi connectivity index (χ0n) is 29.1. The van der Waals surface area contributed by atoms with E-state index in [2.05, 4.69) is 0 Å². The van der Waals surface area contributed by atoms with Gasteiger partial charge in [0.15, 0.2) is 11.6 Å². The van der Waals surface area contributed by atoms with Crippen molar-refractivity contribution < 1.29 is 58.7 Å². The van der Waals surface area contributed by atoms with Gasteiger partial charge in [-0.25, -0.2) is 9.59 Å². The number of ether oxygens (including phenoxy) is 2. The minimum absolute atomic E-state index is 0.0968. The minimum atomic E-state index is -2.12. The molecule has 3 aromatic carbocycles. The maximum atomic E-state index is 13.1. The second-order valence-electron chi connectivity index (χ2n) is 13.5. The van der Waals surface area contributed by atoms with Gasteiger partial charge >= 0.3 is 23.9 Å².